The van der Waals surface area contributed by atoms with Crippen LogP contribution >= 0.6 is 0 Å². The Morgan fingerprint density at radius 2 is 1.92 bits per heavy atom. The summed E-state index contributed by atoms with van der Waals surface area (Å²) in [6.45, 7) is 2.26. The molecular weight excluding hydrogens is 302 g/mol. The lowest BCUT2D eigenvalue weighted by molar-refractivity contribution is -0.133. The molecule has 0 bridgehead atoms. The Hall–Kier alpha value is -1.84. The molecule has 4 nitrogen and oxygen atoms in total. The van der Waals surface area contributed by atoms with Crippen molar-refractivity contribution in [2.24, 2.45) is 11.8 Å². The molecule has 1 unspecified atom stereocenters. The number of nitrogens with zero attached hydrogens (tertiary/aromatic N) is 1. The molecule has 2 amide bonds. The lowest BCUT2D eigenvalue weighted by Gasteiger charge is -2.27. The molecule has 2 fully saturated rings. The average Bonchev–Trinajstić information content (AvgIpc) is 2.96. The highest BCUT2D eigenvalue weighted by atomic mass is 16.6. The van der Waals surface area contributed by atoms with Crippen LogP contribution in [0.3, 0.4) is 0 Å². The molecule has 0 aromatic heterocycles. The highest BCUT2D eigenvalue weighted by Crippen LogP contribution is 2.30. The molecule has 1 saturated heterocycles. The SMILES string of the molecule is CC(CC1CCCCC1)C(=O)N1C(=O)OC[C@H]1Cc1ccccc1. The van der Waals surface area contributed by atoms with Crippen LogP contribution in [-0.2, 0) is 16.0 Å². The van der Waals surface area contributed by atoms with E-state index in [1.165, 1.54) is 37.0 Å². The van der Waals surface area contributed by atoms with Crippen LogP contribution < -0.4 is 0 Å². The molecule has 1 aromatic carbocycles. The minimum Gasteiger partial charge on any atom is -0.447 e. The quantitative estimate of drug-likeness (QED) is 0.814. The number of benzene rings is 1. The van der Waals surface area contributed by atoms with Crippen molar-refractivity contribution in [3.8, 4) is 0 Å². The number of carbonyl (C=O) groups is 2. The summed E-state index contributed by atoms with van der Waals surface area (Å²) in [5.74, 6) is 0.449. The number of amides is 2. The molecule has 24 heavy (non-hydrogen) atoms. The second kappa shape index (κ2) is 7.82. The lowest BCUT2D eigenvalue weighted by atomic mass is 9.83. The van der Waals surface area contributed by atoms with E-state index in [2.05, 4.69) is 0 Å². The number of hydrogen-bond donors (Lipinski definition) is 0. The van der Waals surface area contributed by atoms with Crippen LogP contribution in [-0.4, -0.2) is 29.5 Å². The van der Waals surface area contributed by atoms with Gasteiger partial charge in [-0.3, -0.25) is 4.79 Å². The Morgan fingerprint density at radius 1 is 1.21 bits per heavy atom. The summed E-state index contributed by atoms with van der Waals surface area (Å²) in [4.78, 5) is 26.3. The Bertz CT molecular complexity index is 566. The summed E-state index contributed by atoms with van der Waals surface area (Å²) in [6, 6.07) is 9.79. The zero-order chi connectivity index (χ0) is 16.9. The normalized spacial score (nSPS) is 23.1. The molecule has 130 valence electrons. The van der Waals surface area contributed by atoms with Crippen LogP contribution in [0, 0.1) is 11.8 Å². The molecule has 0 N–H and O–H groups in total. The van der Waals surface area contributed by atoms with Crippen LogP contribution in [0.15, 0.2) is 30.3 Å². The van der Waals surface area contributed by atoms with Crippen molar-refractivity contribution in [3.63, 3.8) is 0 Å². The fourth-order valence-electron chi connectivity index (χ4n) is 4.03. The third-order valence-corrected chi connectivity index (χ3v) is 5.35. The summed E-state index contributed by atoms with van der Waals surface area (Å²) in [5, 5.41) is 0. The van der Waals surface area contributed by atoms with Gasteiger partial charge in [-0.15, -0.1) is 0 Å². The number of hydrogen-bond acceptors (Lipinski definition) is 3. The van der Waals surface area contributed by atoms with Crippen molar-refractivity contribution in [1.29, 1.82) is 0 Å². The maximum absolute atomic E-state index is 12.9. The summed E-state index contributed by atoms with van der Waals surface area (Å²) < 4.78 is 5.18. The molecular formula is C20H27NO3. The van der Waals surface area contributed by atoms with Gasteiger partial charge < -0.3 is 4.74 Å². The highest BCUT2D eigenvalue weighted by Gasteiger charge is 2.40. The first kappa shape index (κ1) is 17.0. The van der Waals surface area contributed by atoms with E-state index >= 15 is 0 Å². The standard InChI is InChI=1S/C20H27NO3/c1-15(12-16-8-4-2-5-9-16)19(22)21-18(14-24-20(21)23)13-17-10-6-3-7-11-17/h3,6-7,10-11,15-16,18H,2,4-5,8-9,12-14H2,1H3/t15?,18-/m1/s1. The van der Waals surface area contributed by atoms with E-state index in [1.807, 2.05) is 37.3 Å². The predicted octanol–water partition coefficient (Wildman–Crippen LogP) is 4.18. The average molecular weight is 329 g/mol. The fourth-order valence-corrected chi connectivity index (χ4v) is 4.03. The van der Waals surface area contributed by atoms with Gasteiger partial charge in [0.15, 0.2) is 0 Å². The molecule has 1 saturated carbocycles. The van der Waals surface area contributed by atoms with Gasteiger partial charge in [-0.2, -0.15) is 0 Å². The molecule has 1 aromatic rings. The first-order valence-electron chi connectivity index (χ1n) is 9.19. The topological polar surface area (TPSA) is 46.6 Å². The molecule has 4 heteroatoms. The smallest absolute Gasteiger partial charge is 0.416 e. The van der Waals surface area contributed by atoms with Crippen molar-refractivity contribution >= 4 is 12.0 Å². The number of cyclic esters (lactones) is 1. The fraction of sp³-hybridized carbons (Fsp3) is 0.600. The van der Waals surface area contributed by atoms with E-state index in [9.17, 15) is 9.59 Å². The summed E-state index contributed by atoms with van der Waals surface area (Å²) in [5.41, 5.74) is 1.12. The molecule has 1 heterocycles. The summed E-state index contributed by atoms with van der Waals surface area (Å²) >= 11 is 0. The van der Waals surface area contributed by atoms with Gasteiger partial charge in [0.05, 0.1) is 6.04 Å². The van der Waals surface area contributed by atoms with E-state index in [-0.39, 0.29) is 17.9 Å². The third-order valence-electron chi connectivity index (χ3n) is 5.35. The van der Waals surface area contributed by atoms with Gasteiger partial charge in [0, 0.05) is 5.92 Å². The first-order chi connectivity index (χ1) is 11.6. The van der Waals surface area contributed by atoms with E-state index in [0.717, 1.165) is 12.0 Å². The molecule has 2 atom stereocenters. The van der Waals surface area contributed by atoms with Crippen LogP contribution in [0.1, 0.15) is 51.0 Å². The van der Waals surface area contributed by atoms with Crippen molar-refractivity contribution in [3.05, 3.63) is 35.9 Å². The second-order valence-corrected chi connectivity index (χ2v) is 7.27. The van der Waals surface area contributed by atoms with Crippen molar-refractivity contribution in [2.45, 2.75) is 57.9 Å². The van der Waals surface area contributed by atoms with Crippen molar-refractivity contribution in [2.75, 3.05) is 6.61 Å². The Kier molecular flexibility index (Phi) is 5.54. The molecule has 1 aliphatic carbocycles. The maximum Gasteiger partial charge on any atom is 0.416 e. The zero-order valence-corrected chi connectivity index (χ0v) is 14.4. The predicted molar refractivity (Wildman–Crippen MR) is 92.5 cm³/mol. The lowest BCUT2D eigenvalue weighted by Crippen LogP contribution is -2.43. The van der Waals surface area contributed by atoms with Gasteiger partial charge in [-0.05, 0) is 24.3 Å². The van der Waals surface area contributed by atoms with Gasteiger partial charge in [0.1, 0.15) is 6.61 Å². The molecule has 3 rings (SSSR count). The van der Waals surface area contributed by atoms with Gasteiger partial charge >= 0.3 is 6.09 Å². The number of ether oxygens (including phenoxy) is 1. The molecule has 2 aliphatic rings. The Labute approximate surface area is 144 Å². The van der Waals surface area contributed by atoms with Crippen LogP contribution in [0.25, 0.3) is 0 Å². The number of carbonyl (C=O) groups excluding carboxylic acids is 2. The zero-order valence-electron chi connectivity index (χ0n) is 14.4. The monoisotopic (exact) mass is 329 g/mol. The van der Waals surface area contributed by atoms with E-state index in [4.69, 9.17) is 4.74 Å². The van der Waals surface area contributed by atoms with Gasteiger partial charge in [0.25, 0.3) is 0 Å². The van der Waals surface area contributed by atoms with E-state index in [1.54, 1.807) is 0 Å². The second-order valence-electron chi connectivity index (χ2n) is 7.27. The number of imide groups is 1. The van der Waals surface area contributed by atoms with Crippen molar-refractivity contribution in [1.82, 2.24) is 4.90 Å². The Morgan fingerprint density at radius 3 is 2.62 bits per heavy atom. The molecule has 1 aliphatic heterocycles. The maximum atomic E-state index is 12.9. The first-order valence-corrected chi connectivity index (χ1v) is 9.19. The summed E-state index contributed by atoms with van der Waals surface area (Å²) in [7, 11) is 0. The van der Waals surface area contributed by atoms with Gasteiger partial charge in [0.2, 0.25) is 5.91 Å². The van der Waals surface area contributed by atoms with Gasteiger partial charge in [-0.25, -0.2) is 9.69 Å². The van der Waals surface area contributed by atoms with Gasteiger partial charge in [-0.1, -0.05) is 69.4 Å². The van der Waals surface area contributed by atoms with E-state index in [0.29, 0.717) is 18.9 Å². The third kappa shape index (κ3) is 3.97. The largest absolute Gasteiger partial charge is 0.447 e. The van der Waals surface area contributed by atoms with Crippen LogP contribution in [0.2, 0.25) is 0 Å². The van der Waals surface area contributed by atoms with Crippen molar-refractivity contribution < 1.29 is 14.3 Å². The van der Waals surface area contributed by atoms with Crippen LogP contribution in [0.4, 0.5) is 4.79 Å². The highest BCUT2D eigenvalue weighted by molar-refractivity contribution is 5.94. The minimum absolute atomic E-state index is 0.0657. The number of rotatable bonds is 5. The minimum atomic E-state index is -0.476. The van der Waals surface area contributed by atoms with Crippen LogP contribution in [0.5, 0.6) is 0 Å². The Balaban J connectivity index is 1.63. The molecule has 0 spiro atoms. The van der Waals surface area contributed by atoms with E-state index < -0.39 is 6.09 Å². The summed E-state index contributed by atoms with van der Waals surface area (Å²) in [6.07, 6.45) is 7.37. The molecule has 0 radical (unpaired) electrons.